The highest BCUT2D eigenvalue weighted by Crippen LogP contribution is 2.17. The van der Waals surface area contributed by atoms with Crippen LogP contribution in [-0.4, -0.2) is 18.1 Å². The van der Waals surface area contributed by atoms with Crippen LogP contribution in [0.5, 0.6) is 5.75 Å². The molecule has 0 aliphatic carbocycles. The van der Waals surface area contributed by atoms with Crippen LogP contribution in [0.25, 0.3) is 0 Å². The number of hydrogen-bond donors (Lipinski definition) is 1. The lowest BCUT2D eigenvalue weighted by Crippen LogP contribution is -2.17. The summed E-state index contributed by atoms with van der Waals surface area (Å²) in [6.07, 6.45) is 4.68. The van der Waals surface area contributed by atoms with Gasteiger partial charge in [0.25, 0.3) is 0 Å². The molecule has 1 aromatic carbocycles. The number of pyridine rings is 1. The first-order valence-electron chi connectivity index (χ1n) is 6.70. The highest BCUT2D eigenvalue weighted by Gasteiger charge is 2.01. The molecule has 0 fully saturated rings. The maximum atomic E-state index is 5.60. The minimum Gasteiger partial charge on any atom is -0.494 e. The van der Waals surface area contributed by atoms with Crippen LogP contribution in [0.3, 0.4) is 0 Å². The van der Waals surface area contributed by atoms with Crippen LogP contribution >= 0.6 is 0 Å². The van der Waals surface area contributed by atoms with Crippen molar-refractivity contribution in [2.24, 2.45) is 0 Å². The Bertz CT molecular complexity index is 485. The average molecular weight is 256 g/mol. The van der Waals surface area contributed by atoms with E-state index in [0.29, 0.717) is 6.61 Å². The van der Waals surface area contributed by atoms with Crippen LogP contribution in [0.1, 0.15) is 18.1 Å². The molecule has 0 unspecified atom stereocenters. The average Bonchev–Trinajstić information content (AvgIpc) is 2.47. The summed E-state index contributed by atoms with van der Waals surface area (Å²) in [6, 6.07) is 12.3. The van der Waals surface area contributed by atoms with Gasteiger partial charge >= 0.3 is 0 Å². The van der Waals surface area contributed by atoms with Crippen LogP contribution in [0.4, 0.5) is 0 Å². The summed E-state index contributed by atoms with van der Waals surface area (Å²) in [7, 11) is 0. The first kappa shape index (κ1) is 13.6. The van der Waals surface area contributed by atoms with Crippen molar-refractivity contribution in [2.75, 3.05) is 13.2 Å². The van der Waals surface area contributed by atoms with Gasteiger partial charge in [0.1, 0.15) is 5.75 Å². The molecule has 0 spiro atoms. The Hall–Kier alpha value is -1.87. The van der Waals surface area contributed by atoms with Crippen molar-refractivity contribution in [3.8, 4) is 5.75 Å². The molecule has 0 radical (unpaired) electrons. The number of aromatic nitrogens is 1. The van der Waals surface area contributed by atoms with Crippen molar-refractivity contribution >= 4 is 0 Å². The zero-order valence-corrected chi connectivity index (χ0v) is 11.3. The molecule has 3 nitrogen and oxygen atoms in total. The van der Waals surface area contributed by atoms with Gasteiger partial charge in [-0.1, -0.05) is 18.2 Å². The Kier molecular flexibility index (Phi) is 5.38. The van der Waals surface area contributed by atoms with Crippen LogP contribution < -0.4 is 10.1 Å². The maximum absolute atomic E-state index is 5.60. The Balaban J connectivity index is 1.79. The van der Waals surface area contributed by atoms with Gasteiger partial charge in [-0.05, 0) is 43.7 Å². The van der Waals surface area contributed by atoms with E-state index in [4.69, 9.17) is 4.74 Å². The summed E-state index contributed by atoms with van der Waals surface area (Å²) in [5.74, 6) is 0.974. The summed E-state index contributed by atoms with van der Waals surface area (Å²) in [5, 5.41) is 3.45. The molecule has 0 aliphatic rings. The molecule has 100 valence electrons. The van der Waals surface area contributed by atoms with Crippen molar-refractivity contribution in [1.82, 2.24) is 10.3 Å². The zero-order valence-electron chi connectivity index (χ0n) is 11.3. The fourth-order valence-electron chi connectivity index (χ4n) is 1.95. The molecule has 0 saturated heterocycles. The lowest BCUT2D eigenvalue weighted by atomic mass is 10.2. The monoisotopic (exact) mass is 256 g/mol. The Labute approximate surface area is 114 Å². The molecule has 0 aliphatic heterocycles. The van der Waals surface area contributed by atoms with Crippen molar-refractivity contribution in [2.45, 2.75) is 19.9 Å². The van der Waals surface area contributed by atoms with Gasteiger partial charge in [0.05, 0.1) is 6.61 Å². The van der Waals surface area contributed by atoms with Crippen molar-refractivity contribution < 1.29 is 4.74 Å². The predicted molar refractivity (Wildman–Crippen MR) is 77.3 cm³/mol. The summed E-state index contributed by atoms with van der Waals surface area (Å²) in [4.78, 5) is 4.02. The van der Waals surface area contributed by atoms with Crippen LogP contribution in [0.15, 0.2) is 48.8 Å². The third-order valence-electron chi connectivity index (χ3n) is 2.93. The number of para-hydroxylation sites is 1. The number of hydrogen-bond acceptors (Lipinski definition) is 3. The second kappa shape index (κ2) is 7.54. The summed E-state index contributed by atoms with van der Waals surface area (Å²) in [6.45, 7) is 4.49. The zero-order chi connectivity index (χ0) is 13.3. The van der Waals surface area contributed by atoms with Gasteiger partial charge in [-0.25, -0.2) is 0 Å². The standard InChI is InChI=1S/C16H20N2O/c1-2-19-16-6-4-3-5-15(16)13-18-12-9-14-7-10-17-11-8-14/h3-8,10-11,18H,2,9,12-13H2,1H3. The molecule has 0 atom stereocenters. The molecule has 1 N–H and O–H groups in total. The minimum absolute atomic E-state index is 0.702. The van der Waals surface area contributed by atoms with Gasteiger partial charge in [0.2, 0.25) is 0 Å². The van der Waals surface area contributed by atoms with Gasteiger partial charge in [-0.2, -0.15) is 0 Å². The van der Waals surface area contributed by atoms with E-state index in [1.54, 1.807) is 0 Å². The van der Waals surface area contributed by atoms with Crippen molar-refractivity contribution in [1.29, 1.82) is 0 Å². The normalized spacial score (nSPS) is 10.4. The molecule has 2 rings (SSSR count). The molecule has 1 aromatic heterocycles. The predicted octanol–water partition coefficient (Wildman–Crippen LogP) is 2.81. The smallest absolute Gasteiger partial charge is 0.123 e. The van der Waals surface area contributed by atoms with E-state index in [-0.39, 0.29) is 0 Å². The summed E-state index contributed by atoms with van der Waals surface area (Å²) in [5.41, 5.74) is 2.51. The number of nitrogens with zero attached hydrogens (tertiary/aromatic N) is 1. The molecule has 0 bridgehead atoms. The van der Waals surface area contributed by atoms with Crippen molar-refractivity contribution in [3.05, 3.63) is 59.9 Å². The molecule has 1 heterocycles. The SMILES string of the molecule is CCOc1ccccc1CNCCc1ccncc1. The Morgan fingerprint density at radius 3 is 2.68 bits per heavy atom. The van der Waals surface area contributed by atoms with Crippen molar-refractivity contribution in [3.63, 3.8) is 0 Å². The molecular weight excluding hydrogens is 236 g/mol. The Morgan fingerprint density at radius 1 is 1.11 bits per heavy atom. The molecular formula is C16H20N2O. The van der Waals surface area contributed by atoms with E-state index in [1.807, 2.05) is 37.5 Å². The number of nitrogens with one attached hydrogen (secondary N) is 1. The van der Waals surface area contributed by atoms with E-state index in [0.717, 1.165) is 25.3 Å². The van der Waals surface area contributed by atoms with Crippen LogP contribution in [0, 0.1) is 0 Å². The van der Waals surface area contributed by atoms with E-state index >= 15 is 0 Å². The van der Waals surface area contributed by atoms with E-state index in [9.17, 15) is 0 Å². The summed E-state index contributed by atoms with van der Waals surface area (Å²) < 4.78 is 5.60. The minimum atomic E-state index is 0.702. The number of benzene rings is 1. The van der Waals surface area contributed by atoms with Gasteiger partial charge in [-0.3, -0.25) is 4.98 Å². The van der Waals surface area contributed by atoms with E-state index in [1.165, 1.54) is 11.1 Å². The molecule has 19 heavy (non-hydrogen) atoms. The quantitative estimate of drug-likeness (QED) is 0.773. The molecule has 0 amide bonds. The molecule has 2 aromatic rings. The highest BCUT2D eigenvalue weighted by atomic mass is 16.5. The van der Waals surface area contributed by atoms with E-state index < -0.39 is 0 Å². The second-order valence-electron chi connectivity index (χ2n) is 4.32. The number of rotatable bonds is 7. The van der Waals surface area contributed by atoms with Crippen LogP contribution in [0.2, 0.25) is 0 Å². The molecule has 0 saturated carbocycles. The lowest BCUT2D eigenvalue weighted by Gasteiger charge is -2.10. The summed E-state index contributed by atoms with van der Waals surface area (Å²) >= 11 is 0. The first-order valence-corrected chi connectivity index (χ1v) is 6.70. The third-order valence-corrected chi connectivity index (χ3v) is 2.93. The van der Waals surface area contributed by atoms with Gasteiger partial charge in [0, 0.05) is 24.5 Å². The molecule has 3 heteroatoms. The fourth-order valence-corrected chi connectivity index (χ4v) is 1.95. The van der Waals surface area contributed by atoms with Crippen LogP contribution in [-0.2, 0) is 13.0 Å². The highest BCUT2D eigenvalue weighted by molar-refractivity contribution is 5.33. The lowest BCUT2D eigenvalue weighted by molar-refractivity contribution is 0.335. The second-order valence-corrected chi connectivity index (χ2v) is 4.32. The maximum Gasteiger partial charge on any atom is 0.123 e. The fraction of sp³-hybridized carbons (Fsp3) is 0.312. The van der Waals surface area contributed by atoms with Gasteiger partial charge < -0.3 is 10.1 Å². The first-order chi connectivity index (χ1) is 9.40. The Morgan fingerprint density at radius 2 is 1.89 bits per heavy atom. The van der Waals surface area contributed by atoms with Gasteiger partial charge in [0.15, 0.2) is 0 Å². The topological polar surface area (TPSA) is 34.1 Å². The number of ether oxygens (including phenoxy) is 1. The third kappa shape index (κ3) is 4.38. The van der Waals surface area contributed by atoms with E-state index in [2.05, 4.69) is 28.5 Å². The van der Waals surface area contributed by atoms with Gasteiger partial charge in [-0.15, -0.1) is 0 Å². The largest absolute Gasteiger partial charge is 0.494 e.